The van der Waals surface area contributed by atoms with Crippen molar-refractivity contribution in [2.24, 2.45) is 0 Å². The van der Waals surface area contributed by atoms with Crippen molar-refractivity contribution >= 4 is 33.3 Å². The molecule has 1 N–H and O–H groups in total. The van der Waals surface area contributed by atoms with Crippen LogP contribution in [0.25, 0.3) is 0 Å². The van der Waals surface area contributed by atoms with E-state index in [0.717, 1.165) is 18.2 Å². The molecule has 0 spiro atoms. The zero-order valence-corrected chi connectivity index (χ0v) is 14.2. The van der Waals surface area contributed by atoms with E-state index in [2.05, 4.69) is 4.72 Å². The molecule has 2 aromatic rings. The molecule has 10 heteroatoms. The van der Waals surface area contributed by atoms with E-state index in [1.165, 1.54) is 0 Å². The summed E-state index contributed by atoms with van der Waals surface area (Å²) in [5.41, 5.74) is -0.153. The van der Waals surface area contributed by atoms with E-state index in [-0.39, 0.29) is 5.02 Å². The summed E-state index contributed by atoms with van der Waals surface area (Å²) in [5, 5.41) is 21.6. The van der Waals surface area contributed by atoms with Gasteiger partial charge in [-0.15, -0.1) is 0 Å². The van der Waals surface area contributed by atoms with Gasteiger partial charge in [0, 0.05) is 18.5 Å². The van der Waals surface area contributed by atoms with Crippen molar-refractivity contribution < 1.29 is 23.2 Å². The molecule has 0 unspecified atom stereocenters. The van der Waals surface area contributed by atoms with Gasteiger partial charge in [0.25, 0.3) is 5.69 Å². The topological polar surface area (TPSA) is 129 Å². The summed E-state index contributed by atoms with van der Waals surface area (Å²) in [6, 6.07) is 9.95. The van der Waals surface area contributed by atoms with E-state index in [4.69, 9.17) is 11.6 Å². The number of nitro benzene ring substituents is 1. The molecule has 8 nitrogen and oxygen atoms in total. The Morgan fingerprint density at radius 1 is 1.20 bits per heavy atom. The van der Waals surface area contributed by atoms with Crippen LogP contribution in [0.2, 0.25) is 5.02 Å². The van der Waals surface area contributed by atoms with Gasteiger partial charge in [0.15, 0.2) is 0 Å². The van der Waals surface area contributed by atoms with Crippen LogP contribution in [0.3, 0.4) is 0 Å². The van der Waals surface area contributed by atoms with Crippen LogP contribution in [0.1, 0.15) is 18.0 Å². The number of nitrogens with zero attached hydrogens (tertiary/aromatic N) is 1. The van der Waals surface area contributed by atoms with Gasteiger partial charge in [-0.25, -0.2) is 13.1 Å². The second-order valence-corrected chi connectivity index (χ2v) is 7.15. The maximum Gasteiger partial charge on any atom is 0.289 e. The highest BCUT2D eigenvalue weighted by atomic mass is 35.5. The van der Waals surface area contributed by atoms with Crippen molar-refractivity contribution in [1.29, 1.82) is 0 Å². The molecule has 0 aliphatic rings. The number of carboxylic acids is 1. The largest absolute Gasteiger partial charge is 0.550 e. The Balaban J connectivity index is 2.39. The quantitative estimate of drug-likeness (QED) is 0.568. The fourth-order valence-electron chi connectivity index (χ4n) is 2.13. The molecule has 0 aromatic heterocycles. The van der Waals surface area contributed by atoms with Crippen LogP contribution in [0.5, 0.6) is 0 Å². The predicted octanol–water partition coefficient (Wildman–Crippen LogP) is 1.41. The average Bonchev–Trinajstić information content (AvgIpc) is 2.54. The number of nitrogens with one attached hydrogen (secondary N) is 1. The molecule has 132 valence electrons. The second kappa shape index (κ2) is 7.60. The van der Waals surface area contributed by atoms with Crippen molar-refractivity contribution in [3.05, 3.63) is 69.2 Å². The van der Waals surface area contributed by atoms with Gasteiger partial charge >= 0.3 is 0 Å². The number of sulfonamides is 1. The first-order valence-electron chi connectivity index (χ1n) is 6.92. The number of aliphatic carboxylic acids is 1. The molecule has 0 saturated heterocycles. The minimum atomic E-state index is -4.23. The van der Waals surface area contributed by atoms with Crippen LogP contribution in [-0.2, 0) is 14.8 Å². The SMILES string of the molecule is O=C([O-])C[C@@H](NS(=O)(=O)c1ccc(Cl)c([N+](=O)[O-])c1)c1ccccc1. The van der Waals surface area contributed by atoms with E-state index >= 15 is 0 Å². The van der Waals surface area contributed by atoms with Gasteiger partial charge in [0.05, 0.1) is 15.9 Å². The first-order chi connectivity index (χ1) is 11.7. The fourth-order valence-corrected chi connectivity index (χ4v) is 3.57. The Morgan fingerprint density at radius 3 is 2.40 bits per heavy atom. The minimum absolute atomic E-state index is 0.210. The molecule has 0 saturated carbocycles. The second-order valence-electron chi connectivity index (χ2n) is 5.03. The summed E-state index contributed by atoms with van der Waals surface area (Å²) in [6.45, 7) is 0. The summed E-state index contributed by atoms with van der Waals surface area (Å²) in [4.78, 5) is 20.6. The Hall–Kier alpha value is -2.49. The number of halogens is 1. The molecule has 0 aliphatic carbocycles. The standard InChI is InChI=1S/C15H13ClN2O6S/c16-12-7-6-11(8-14(12)18(21)22)25(23,24)17-13(9-15(19)20)10-4-2-1-3-5-10/h1-8,13,17H,9H2,(H,19,20)/p-1/t13-/m1/s1. The number of carboxylic acid groups (broad SMARTS) is 1. The molecule has 0 amide bonds. The molecule has 2 rings (SSSR count). The third kappa shape index (κ3) is 4.75. The lowest BCUT2D eigenvalue weighted by Crippen LogP contribution is -2.34. The van der Waals surface area contributed by atoms with Crippen LogP contribution < -0.4 is 9.83 Å². The number of carbonyl (C=O) groups excluding carboxylic acids is 1. The molecule has 2 aromatic carbocycles. The molecule has 0 heterocycles. The number of rotatable bonds is 7. The van der Waals surface area contributed by atoms with Gasteiger partial charge in [-0.05, 0) is 17.7 Å². The first-order valence-corrected chi connectivity index (χ1v) is 8.78. The van der Waals surface area contributed by atoms with Crippen molar-refractivity contribution in [3.63, 3.8) is 0 Å². The Labute approximate surface area is 148 Å². The lowest BCUT2D eigenvalue weighted by Gasteiger charge is -2.19. The normalized spacial score (nSPS) is 12.5. The molecule has 25 heavy (non-hydrogen) atoms. The highest BCUT2D eigenvalue weighted by Gasteiger charge is 2.24. The molecular weight excluding hydrogens is 372 g/mol. The van der Waals surface area contributed by atoms with Crippen LogP contribution in [0, 0.1) is 10.1 Å². The molecule has 0 bridgehead atoms. The Bertz CT molecular complexity index is 901. The minimum Gasteiger partial charge on any atom is -0.550 e. The number of nitro groups is 1. The third-order valence-corrected chi connectivity index (χ3v) is 5.08. The lowest BCUT2D eigenvalue weighted by atomic mass is 10.1. The molecule has 0 fully saturated rings. The summed E-state index contributed by atoms with van der Waals surface area (Å²) >= 11 is 5.67. The van der Waals surface area contributed by atoms with Crippen molar-refractivity contribution in [1.82, 2.24) is 4.72 Å². The summed E-state index contributed by atoms with van der Waals surface area (Å²) in [5.74, 6) is -1.45. The summed E-state index contributed by atoms with van der Waals surface area (Å²) < 4.78 is 27.2. The van der Waals surface area contributed by atoms with Crippen LogP contribution in [0.4, 0.5) is 5.69 Å². The summed E-state index contributed by atoms with van der Waals surface area (Å²) in [7, 11) is -4.23. The van der Waals surface area contributed by atoms with Gasteiger partial charge in [-0.2, -0.15) is 0 Å². The highest BCUT2D eigenvalue weighted by molar-refractivity contribution is 7.89. The van der Waals surface area contributed by atoms with Gasteiger partial charge < -0.3 is 9.90 Å². The Kier molecular flexibility index (Phi) is 5.73. The van der Waals surface area contributed by atoms with E-state index in [0.29, 0.717) is 5.56 Å². The smallest absolute Gasteiger partial charge is 0.289 e. The van der Waals surface area contributed by atoms with E-state index in [1.54, 1.807) is 30.3 Å². The van der Waals surface area contributed by atoms with Gasteiger partial charge in [-0.1, -0.05) is 41.9 Å². The Morgan fingerprint density at radius 2 is 1.84 bits per heavy atom. The zero-order valence-electron chi connectivity index (χ0n) is 12.6. The molecule has 1 atom stereocenters. The number of hydrogen-bond acceptors (Lipinski definition) is 6. The van der Waals surface area contributed by atoms with Gasteiger partial charge in [0.2, 0.25) is 10.0 Å². The van der Waals surface area contributed by atoms with E-state index in [9.17, 15) is 28.4 Å². The van der Waals surface area contributed by atoms with E-state index < -0.39 is 44.0 Å². The number of benzene rings is 2. The zero-order chi connectivity index (χ0) is 18.6. The van der Waals surface area contributed by atoms with Gasteiger partial charge in [-0.3, -0.25) is 10.1 Å². The van der Waals surface area contributed by atoms with Crippen molar-refractivity contribution in [2.75, 3.05) is 0 Å². The van der Waals surface area contributed by atoms with Crippen LogP contribution in [-0.4, -0.2) is 19.3 Å². The third-order valence-electron chi connectivity index (χ3n) is 3.29. The summed E-state index contributed by atoms with van der Waals surface area (Å²) in [6.07, 6.45) is -0.598. The van der Waals surface area contributed by atoms with Crippen LogP contribution >= 0.6 is 11.6 Å². The predicted molar refractivity (Wildman–Crippen MR) is 87.2 cm³/mol. The van der Waals surface area contributed by atoms with Crippen molar-refractivity contribution in [3.8, 4) is 0 Å². The average molecular weight is 384 g/mol. The van der Waals surface area contributed by atoms with Crippen LogP contribution in [0.15, 0.2) is 53.4 Å². The molecular formula is C15H12ClN2O6S-. The van der Waals surface area contributed by atoms with Crippen molar-refractivity contribution in [2.45, 2.75) is 17.4 Å². The lowest BCUT2D eigenvalue weighted by molar-refractivity contribution is -0.384. The monoisotopic (exact) mass is 383 g/mol. The maximum absolute atomic E-state index is 12.5. The highest BCUT2D eigenvalue weighted by Crippen LogP contribution is 2.28. The molecule has 0 radical (unpaired) electrons. The fraction of sp³-hybridized carbons (Fsp3) is 0.133. The van der Waals surface area contributed by atoms with E-state index in [1.807, 2.05) is 0 Å². The maximum atomic E-state index is 12.5. The molecule has 0 aliphatic heterocycles. The number of carbonyl (C=O) groups is 1. The first kappa shape index (κ1) is 18.8. The van der Waals surface area contributed by atoms with Gasteiger partial charge in [0.1, 0.15) is 5.02 Å². The number of hydrogen-bond donors (Lipinski definition) is 1.